The van der Waals surface area contributed by atoms with Crippen molar-refractivity contribution in [3.63, 3.8) is 0 Å². The predicted molar refractivity (Wildman–Crippen MR) is 128 cm³/mol. The number of nitrogens with zero attached hydrogens (tertiary/aromatic N) is 6. The van der Waals surface area contributed by atoms with E-state index in [-0.39, 0.29) is 0 Å². The molecule has 33 heavy (non-hydrogen) atoms. The molecule has 0 radical (unpaired) electrons. The van der Waals surface area contributed by atoms with E-state index in [0.29, 0.717) is 40.5 Å². The molecule has 170 valence electrons. The second-order valence-electron chi connectivity index (χ2n) is 9.32. The van der Waals surface area contributed by atoms with E-state index in [4.69, 9.17) is 33.2 Å². The van der Waals surface area contributed by atoms with Gasteiger partial charge in [0.1, 0.15) is 5.82 Å². The Morgan fingerprint density at radius 2 is 1.79 bits per heavy atom. The molecule has 3 fully saturated rings. The number of hydrogen-bond acceptors (Lipinski definition) is 7. The molecule has 1 aliphatic carbocycles. The number of fused-ring (bicyclic) bond motifs is 4. The number of benzene rings is 1. The Bertz CT molecular complexity index is 1320. The summed E-state index contributed by atoms with van der Waals surface area (Å²) in [6.07, 6.45) is 6.78. The Balaban J connectivity index is 1.23. The number of imidazole rings is 1. The van der Waals surface area contributed by atoms with Gasteiger partial charge in [-0.15, -0.1) is 0 Å². The maximum atomic E-state index is 6.15. The average molecular weight is 484 g/mol. The monoisotopic (exact) mass is 483 g/mol. The molecule has 9 nitrogen and oxygen atoms in total. The molecule has 0 amide bonds. The summed E-state index contributed by atoms with van der Waals surface area (Å²) in [5.74, 6) is 2.77. The molecule has 2 atom stereocenters. The van der Waals surface area contributed by atoms with Crippen molar-refractivity contribution in [3.8, 4) is 0 Å². The van der Waals surface area contributed by atoms with Crippen LogP contribution < -0.4 is 15.5 Å². The third-order valence-corrected chi connectivity index (χ3v) is 7.61. The zero-order valence-corrected chi connectivity index (χ0v) is 19.4. The molecule has 1 aromatic carbocycles. The number of rotatable bonds is 5. The topological polar surface area (TPSA) is 99.1 Å². The standard InChI is InChI=1S/C22H23Cl2N9/c23-15-5-17-18(6-16(15)24)29-19(28-17)8-25-21-31-22(32-9-12-3-4-13(10-32)27-12)30-20-14(11-1-2-11)7-26-33(20)21/h5-7,11-13,27H,1-4,8-10H2,(H,28,29)(H,25,30,31). The van der Waals surface area contributed by atoms with Crippen LogP contribution >= 0.6 is 23.2 Å². The molecule has 2 unspecified atom stereocenters. The van der Waals surface area contributed by atoms with Gasteiger partial charge in [-0.2, -0.15) is 19.6 Å². The molecular formula is C22H23Cl2N9. The number of nitrogens with one attached hydrogen (secondary N) is 3. The van der Waals surface area contributed by atoms with Crippen molar-refractivity contribution in [2.45, 2.75) is 50.2 Å². The van der Waals surface area contributed by atoms with Crippen LogP contribution in [0.1, 0.15) is 43.0 Å². The van der Waals surface area contributed by atoms with Gasteiger partial charge in [0.05, 0.1) is 33.8 Å². The third kappa shape index (κ3) is 3.50. The van der Waals surface area contributed by atoms with Crippen molar-refractivity contribution in [2.75, 3.05) is 23.3 Å². The summed E-state index contributed by atoms with van der Waals surface area (Å²) in [7, 11) is 0. The number of H-pyrrole nitrogens is 1. The van der Waals surface area contributed by atoms with Crippen molar-refractivity contribution >= 4 is 51.8 Å². The Morgan fingerprint density at radius 3 is 2.58 bits per heavy atom. The van der Waals surface area contributed by atoms with Gasteiger partial charge in [0.2, 0.25) is 11.9 Å². The van der Waals surface area contributed by atoms with Gasteiger partial charge in [0.15, 0.2) is 5.65 Å². The van der Waals surface area contributed by atoms with Crippen LogP contribution in [0, 0.1) is 0 Å². The molecule has 4 aromatic rings. The number of halogens is 2. The van der Waals surface area contributed by atoms with Crippen LogP contribution in [0.2, 0.25) is 10.0 Å². The summed E-state index contributed by atoms with van der Waals surface area (Å²) in [6.45, 7) is 2.33. The smallest absolute Gasteiger partial charge is 0.230 e. The zero-order valence-electron chi connectivity index (χ0n) is 17.9. The Hall–Kier alpha value is -2.62. The van der Waals surface area contributed by atoms with E-state index in [1.807, 2.05) is 10.7 Å². The molecule has 2 aliphatic heterocycles. The largest absolute Gasteiger partial charge is 0.347 e. The molecule has 11 heteroatoms. The SMILES string of the molecule is Clc1cc2nc(CNc3nc(N4CC5CCC(C4)N5)nc4c(C5CC5)cnn34)[nH]c2cc1Cl. The van der Waals surface area contributed by atoms with Gasteiger partial charge in [0, 0.05) is 30.7 Å². The normalized spacial score (nSPS) is 22.5. The number of piperazine rings is 1. The molecule has 3 N–H and O–H groups in total. The second-order valence-corrected chi connectivity index (χ2v) is 10.1. The first-order valence-corrected chi connectivity index (χ1v) is 12.2. The third-order valence-electron chi connectivity index (χ3n) is 6.89. The highest BCUT2D eigenvalue weighted by Crippen LogP contribution is 2.42. The van der Waals surface area contributed by atoms with E-state index in [9.17, 15) is 0 Å². The summed E-state index contributed by atoms with van der Waals surface area (Å²) < 4.78 is 1.82. The molecular weight excluding hydrogens is 461 g/mol. The van der Waals surface area contributed by atoms with E-state index in [1.165, 1.54) is 31.2 Å². The number of aromatic amines is 1. The van der Waals surface area contributed by atoms with Gasteiger partial charge in [-0.25, -0.2) is 4.98 Å². The van der Waals surface area contributed by atoms with Gasteiger partial charge in [-0.05, 0) is 43.7 Å². The summed E-state index contributed by atoms with van der Waals surface area (Å²) in [5.41, 5.74) is 3.74. The Morgan fingerprint density at radius 1 is 1.00 bits per heavy atom. The first-order valence-electron chi connectivity index (χ1n) is 11.4. The van der Waals surface area contributed by atoms with Crippen molar-refractivity contribution < 1.29 is 0 Å². The van der Waals surface area contributed by atoms with E-state index in [1.54, 1.807) is 12.1 Å². The van der Waals surface area contributed by atoms with Crippen LogP contribution in [-0.2, 0) is 6.54 Å². The fraction of sp³-hybridized carbons (Fsp3) is 0.455. The zero-order chi connectivity index (χ0) is 22.1. The van der Waals surface area contributed by atoms with E-state index < -0.39 is 0 Å². The quantitative estimate of drug-likeness (QED) is 0.397. The molecule has 3 aromatic heterocycles. The summed E-state index contributed by atoms with van der Waals surface area (Å²) in [5, 5.41) is 12.7. The number of hydrogen-bond donors (Lipinski definition) is 3. The van der Waals surface area contributed by atoms with Gasteiger partial charge >= 0.3 is 0 Å². The molecule has 1 saturated carbocycles. The van der Waals surface area contributed by atoms with Crippen LogP contribution in [0.3, 0.4) is 0 Å². The maximum absolute atomic E-state index is 6.15. The first-order chi connectivity index (χ1) is 16.1. The van der Waals surface area contributed by atoms with E-state index in [2.05, 4.69) is 30.6 Å². The minimum absolute atomic E-state index is 0.459. The van der Waals surface area contributed by atoms with Gasteiger partial charge in [0.25, 0.3) is 0 Å². The maximum Gasteiger partial charge on any atom is 0.230 e. The lowest BCUT2D eigenvalue weighted by atomic mass is 10.2. The minimum Gasteiger partial charge on any atom is -0.347 e. The highest BCUT2D eigenvalue weighted by Gasteiger charge is 2.34. The van der Waals surface area contributed by atoms with Crippen LogP contribution in [0.5, 0.6) is 0 Å². The van der Waals surface area contributed by atoms with Crippen molar-refractivity contribution in [2.24, 2.45) is 0 Å². The predicted octanol–water partition coefficient (Wildman–Crippen LogP) is 3.74. The van der Waals surface area contributed by atoms with Crippen LogP contribution in [0.25, 0.3) is 16.7 Å². The van der Waals surface area contributed by atoms with Gasteiger partial charge < -0.3 is 20.5 Å². The van der Waals surface area contributed by atoms with Crippen LogP contribution in [0.4, 0.5) is 11.9 Å². The summed E-state index contributed by atoms with van der Waals surface area (Å²) in [4.78, 5) is 20.1. The molecule has 3 aliphatic rings. The fourth-order valence-electron chi connectivity index (χ4n) is 5.09. The minimum atomic E-state index is 0.459. The van der Waals surface area contributed by atoms with Crippen LogP contribution in [0.15, 0.2) is 18.3 Å². The highest BCUT2D eigenvalue weighted by molar-refractivity contribution is 6.42. The lowest BCUT2D eigenvalue weighted by Gasteiger charge is -2.33. The molecule has 2 bridgehead atoms. The lowest BCUT2D eigenvalue weighted by molar-refractivity contribution is 0.460. The Kier molecular flexibility index (Phi) is 4.47. The highest BCUT2D eigenvalue weighted by atomic mass is 35.5. The second kappa shape index (κ2) is 7.44. The van der Waals surface area contributed by atoms with Crippen molar-refractivity contribution in [1.29, 1.82) is 0 Å². The summed E-state index contributed by atoms with van der Waals surface area (Å²) in [6, 6.07) is 4.60. The fourth-order valence-corrected chi connectivity index (χ4v) is 5.41. The molecule has 0 spiro atoms. The molecule has 7 rings (SSSR count). The Labute approximate surface area is 199 Å². The van der Waals surface area contributed by atoms with Crippen molar-refractivity contribution in [3.05, 3.63) is 39.8 Å². The molecule has 5 heterocycles. The number of aromatic nitrogens is 6. The number of anilines is 2. The van der Waals surface area contributed by atoms with Crippen LogP contribution in [-0.4, -0.2) is 54.7 Å². The van der Waals surface area contributed by atoms with E-state index in [0.717, 1.165) is 41.5 Å². The van der Waals surface area contributed by atoms with E-state index >= 15 is 0 Å². The molecule has 2 saturated heterocycles. The summed E-state index contributed by atoms with van der Waals surface area (Å²) >= 11 is 12.3. The lowest BCUT2D eigenvalue weighted by Crippen LogP contribution is -2.51. The van der Waals surface area contributed by atoms with Crippen molar-refractivity contribution in [1.82, 2.24) is 34.9 Å². The average Bonchev–Trinajstić information content (AvgIpc) is 3.30. The van der Waals surface area contributed by atoms with Gasteiger partial charge in [-0.3, -0.25) is 0 Å². The van der Waals surface area contributed by atoms with Gasteiger partial charge in [-0.1, -0.05) is 23.2 Å². The first kappa shape index (κ1) is 19.8.